The van der Waals surface area contributed by atoms with Gasteiger partial charge in [0.05, 0.1) is 6.10 Å². The number of hydrogen-bond donors (Lipinski definition) is 2. The van der Waals surface area contributed by atoms with Crippen LogP contribution in [0, 0.1) is 6.92 Å². The van der Waals surface area contributed by atoms with Gasteiger partial charge in [0.15, 0.2) is 0 Å². The predicted octanol–water partition coefficient (Wildman–Crippen LogP) is 3.79. The summed E-state index contributed by atoms with van der Waals surface area (Å²) in [6.45, 7) is 7.02. The van der Waals surface area contributed by atoms with Crippen LogP contribution < -0.4 is 10.6 Å². The first-order chi connectivity index (χ1) is 12.5. The van der Waals surface area contributed by atoms with Crippen LogP contribution in [0.4, 0.5) is 5.69 Å². The van der Waals surface area contributed by atoms with Gasteiger partial charge in [-0.05, 0) is 57.0 Å². The van der Waals surface area contributed by atoms with E-state index in [0.717, 1.165) is 12.0 Å². The summed E-state index contributed by atoms with van der Waals surface area (Å²) in [4.78, 5) is 24.6. The van der Waals surface area contributed by atoms with Crippen molar-refractivity contribution in [2.45, 2.75) is 33.3 Å². The molecule has 2 aromatic carbocycles. The number of anilines is 1. The second kappa shape index (κ2) is 9.73. The Morgan fingerprint density at radius 2 is 1.73 bits per heavy atom. The Hall–Kier alpha value is -2.66. The van der Waals surface area contributed by atoms with Crippen molar-refractivity contribution in [1.29, 1.82) is 0 Å². The normalized spacial score (nSPS) is 10.6. The van der Waals surface area contributed by atoms with Crippen molar-refractivity contribution >= 4 is 17.5 Å². The minimum atomic E-state index is -0.197. The van der Waals surface area contributed by atoms with Crippen LogP contribution in [-0.2, 0) is 4.74 Å². The third-order valence-electron chi connectivity index (χ3n) is 3.84. The van der Waals surface area contributed by atoms with E-state index in [4.69, 9.17) is 4.74 Å². The van der Waals surface area contributed by atoms with Crippen molar-refractivity contribution in [1.82, 2.24) is 5.32 Å². The smallest absolute Gasteiger partial charge is 0.255 e. The average Bonchev–Trinajstić information content (AvgIpc) is 2.63. The van der Waals surface area contributed by atoms with Gasteiger partial charge >= 0.3 is 0 Å². The van der Waals surface area contributed by atoms with Crippen LogP contribution in [0.15, 0.2) is 48.5 Å². The zero-order valence-electron chi connectivity index (χ0n) is 15.5. The molecule has 2 rings (SSSR count). The molecule has 0 aromatic heterocycles. The summed E-state index contributed by atoms with van der Waals surface area (Å²) in [6.07, 6.45) is 0.950. The molecule has 0 aliphatic rings. The molecular weight excluding hydrogens is 328 g/mol. The fraction of sp³-hybridized carbons (Fsp3) is 0.333. The molecule has 0 aliphatic heterocycles. The van der Waals surface area contributed by atoms with Gasteiger partial charge in [-0.1, -0.05) is 24.3 Å². The number of carbonyl (C=O) groups excluding carboxylic acids is 2. The molecule has 0 heterocycles. The quantitative estimate of drug-likeness (QED) is 0.709. The fourth-order valence-electron chi connectivity index (χ4n) is 2.38. The molecule has 0 fully saturated rings. The number of rotatable bonds is 8. The van der Waals surface area contributed by atoms with E-state index in [1.165, 1.54) is 0 Å². The first kappa shape index (κ1) is 19.7. The Labute approximate surface area is 154 Å². The molecule has 5 nitrogen and oxygen atoms in total. The number of hydrogen-bond acceptors (Lipinski definition) is 3. The summed E-state index contributed by atoms with van der Waals surface area (Å²) < 4.78 is 5.45. The van der Waals surface area contributed by atoms with Gasteiger partial charge < -0.3 is 15.4 Å². The molecule has 138 valence electrons. The highest BCUT2D eigenvalue weighted by atomic mass is 16.5. The Balaban J connectivity index is 1.95. The molecule has 5 heteroatoms. The molecule has 2 amide bonds. The molecule has 0 bridgehead atoms. The predicted molar refractivity (Wildman–Crippen MR) is 104 cm³/mol. The lowest BCUT2D eigenvalue weighted by atomic mass is 10.1. The second-order valence-electron chi connectivity index (χ2n) is 6.38. The molecule has 0 radical (unpaired) electrons. The van der Waals surface area contributed by atoms with Crippen LogP contribution in [-0.4, -0.2) is 31.1 Å². The Morgan fingerprint density at radius 1 is 1.00 bits per heavy atom. The third kappa shape index (κ3) is 6.01. The van der Waals surface area contributed by atoms with Gasteiger partial charge in [0.2, 0.25) is 0 Å². The highest BCUT2D eigenvalue weighted by molar-refractivity contribution is 6.05. The van der Waals surface area contributed by atoms with Gasteiger partial charge in [0.1, 0.15) is 0 Å². The summed E-state index contributed by atoms with van der Waals surface area (Å²) in [5.74, 6) is -0.359. The van der Waals surface area contributed by atoms with Crippen LogP contribution in [0.25, 0.3) is 0 Å². The number of nitrogens with one attached hydrogen (secondary N) is 2. The average molecular weight is 354 g/mol. The summed E-state index contributed by atoms with van der Waals surface area (Å²) in [7, 11) is 0. The lowest BCUT2D eigenvalue weighted by Gasteiger charge is -2.12. The molecule has 0 unspecified atom stereocenters. The number of aryl methyl sites for hydroxylation is 1. The minimum Gasteiger partial charge on any atom is -0.379 e. The van der Waals surface area contributed by atoms with Gasteiger partial charge in [-0.15, -0.1) is 0 Å². The van der Waals surface area contributed by atoms with E-state index in [9.17, 15) is 9.59 Å². The number of carbonyl (C=O) groups is 2. The molecule has 2 N–H and O–H groups in total. The van der Waals surface area contributed by atoms with Crippen molar-refractivity contribution in [3.63, 3.8) is 0 Å². The molecule has 0 saturated carbocycles. The Morgan fingerprint density at radius 3 is 2.42 bits per heavy atom. The minimum absolute atomic E-state index is 0.162. The van der Waals surface area contributed by atoms with Gasteiger partial charge in [-0.25, -0.2) is 0 Å². The molecule has 2 aromatic rings. The largest absolute Gasteiger partial charge is 0.379 e. The SMILES string of the molecule is Cc1ccc(C(=O)NCCCOC(C)C)cc1NC(=O)c1ccccc1. The Kier molecular flexibility index (Phi) is 7.36. The van der Waals surface area contributed by atoms with Gasteiger partial charge in [0, 0.05) is 30.0 Å². The molecular formula is C21H26N2O3. The van der Waals surface area contributed by atoms with Crippen molar-refractivity contribution in [3.8, 4) is 0 Å². The van der Waals surface area contributed by atoms with Crippen LogP contribution >= 0.6 is 0 Å². The lowest BCUT2D eigenvalue weighted by molar-refractivity contribution is 0.0757. The summed E-state index contributed by atoms with van der Waals surface area (Å²) in [6, 6.07) is 14.3. The number of benzene rings is 2. The summed E-state index contributed by atoms with van der Waals surface area (Å²) >= 11 is 0. The van der Waals surface area contributed by atoms with Gasteiger partial charge in [0.25, 0.3) is 11.8 Å². The second-order valence-corrected chi connectivity index (χ2v) is 6.38. The maximum atomic E-state index is 12.3. The monoisotopic (exact) mass is 354 g/mol. The van der Waals surface area contributed by atoms with E-state index < -0.39 is 0 Å². The third-order valence-corrected chi connectivity index (χ3v) is 3.84. The highest BCUT2D eigenvalue weighted by Crippen LogP contribution is 2.18. The van der Waals surface area contributed by atoms with Crippen molar-refractivity contribution in [3.05, 3.63) is 65.2 Å². The maximum Gasteiger partial charge on any atom is 0.255 e. The van der Waals surface area contributed by atoms with E-state index in [1.807, 2.05) is 45.0 Å². The molecule has 0 saturated heterocycles. The first-order valence-corrected chi connectivity index (χ1v) is 8.84. The van der Waals surface area contributed by atoms with Crippen molar-refractivity contribution in [2.75, 3.05) is 18.5 Å². The molecule has 0 aliphatic carbocycles. The highest BCUT2D eigenvalue weighted by Gasteiger charge is 2.11. The fourth-order valence-corrected chi connectivity index (χ4v) is 2.38. The summed E-state index contributed by atoms with van der Waals surface area (Å²) in [5, 5.41) is 5.74. The number of amides is 2. The van der Waals surface area contributed by atoms with Crippen molar-refractivity contribution in [2.24, 2.45) is 0 Å². The van der Waals surface area contributed by atoms with Crippen LogP contribution in [0.5, 0.6) is 0 Å². The van der Waals surface area contributed by atoms with Crippen LogP contribution in [0.3, 0.4) is 0 Å². The molecule has 26 heavy (non-hydrogen) atoms. The van der Waals surface area contributed by atoms with E-state index in [0.29, 0.717) is 30.0 Å². The molecule has 0 atom stereocenters. The lowest BCUT2D eigenvalue weighted by Crippen LogP contribution is -2.25. The molecule has 0 spiro atoms. The Bertz CT molecular complexity index is 742. The van der Waals surface area contributed by atoms with Gasteiger partial charge in [-0.2, -0.15) is 0 Å². The topological polar surface area (TPSA) is 67.4 Å². The van der Waals surface area contributed by atoms with E-state index >= 15 is 0 Å². The van der Waals surface area contributed by atoms with Gasteiger partial charge in [-0.3, -0.25) is 9.59 Å². The van der Waals surface area contributed by atoms with Crippen LogP contribution in [0.2, 0.25) is 0 Å². The standard InChI is InChI=1S/C21H26N2O3/c1-15(2)26-13-7-12-22-20(24)18-11-10-16(3)19(14-18)23-21(25)17-8-5-4-6-9-17/h4-6,8-11,14-15H,7,12-13H2,1-3H3,(H,22,24)(H,23,25). The zero-order valence-corrected chi connectivity index (χ0v) is 15.5. The van der Waals surface area contributed by atoms with E-state index in [1.54, 1.807) is 24.3 Å². The van der Waals surface area contributed by atoms with Crippen molar-refractivity contribution < 1.29 is 14.3 Å². The number of ether oxygens (including phenoxy) is 1. The van der Waals surface area contributed by atoms with E-state index in [2.05, 4.69) is 10.6 Å². The van der Waals surface area contributed by atoms with E-state index in [-0.39, 0.29) is 17.9 Å². The first-order valence-electron chi connectivity index (χ1n) is 8.84. The zero-order chi connectivity index (χ0) is 18.9. The summed E-state index contributed by atoms with van der Waals surface area (Å²) in [5.41, 5.74) is 2.63. The van der Waals surface area contributed by atoms with Crippen LogP contribution in [0.1, 0.15) is 46.5 Å². The maximum absolute atomic E-state index is 12.3.